The van der Waals surface area contributed by atoms with Gasteiger partial charge in [0.15, 0.2) is 0 Å². The molecule has 0 atom stereocenters. The Morgan fingerprint density at radius 3 is 2.54 bits per heavy atom. The standard InChI is InChI=1S/C9H10N2O2/c1-12-6-3-4-7(13-2)9-8(6)10-5-11-9/h3-5H,1-2H3,(H,10,11). The Hall–Kier alpha value is -1.71. The molecule has 0 unspecified atom stereocenters. The van der Waals surface area contributed by atoms with E-state index in [1.54, 1.807) is 20.5 Å². The number of rotatable bonds is 2. The van der Waals surface area contributed by atoms with Gasteiger partial charge in [0.25, 0.3) is 0 Å². The zero-order valence-corrected chi connectivity index (χ0v) is 7.50. The highest BCUT2D eigenvalue weighted by Crippen LogP contribution is 2.29. The molecule has 4 heteroatoms. The van der Waals surface area contributed by atoms with Gasteiger partial charge < -0.3 is 14.5 Å². The first-order valence-corrected chi connectivity index (χ1v) is 3.91. The summed E-state index contributed by atoms with van der Waals surface area (Å²) in [6, 6.07) is 3.68. The second kappa shape index (κ2) is 2.97. The maximum absolute atomic E-state index is 5.16. The summed E-state index contributed by atoms with van der Waals surface area (Å²) in [6.45, 7) is 0. The lowest BCUT2D eigenvalue weighted by Crippen LogP contribution is -1.88. The molecule has 1 N–H and O–H groups in total. The Bertz CT molecular complexity index is 384. The van der Waals surface area contributed by atoms with E-state index in [9.17, 15) is 0 Å². The van der Waals surface area contributed by atoms with Gasteiger partial charge in [-0.1, -0.05) is 0 Å². The fourth-order valence-electron chi connectivity index (χ4n) is 1.32. The monoisotopic (exact) mass is 178 g/mol. The van der Waals surface area contributed by atoms with Crippen molar-refractivity contribution < 1.29 is 9.47 Å². The number of ether oxygens (including phenoxy) is 2. The molecule has 0 spiro atoms. The van der Waals surface area contributed by atoms with Crippen LogP contribution in [0.2, 0.25) is 0 Å². The molecule has 1 heterocycles. The second-order valence-corrected chi connectivity index (χ2v) is 2.60. The molecular formula is C9H10N2O2. The number of fused-ring (bicyclic) bond motifs is 1. The number of hydrogen-bond donors (Lipinski definition) is 1. The minimum atomic E-state index is 0.747. The Balaban J connectivity index is 2.74. The molecule has 2 aromatic rings. The number of nitrogens with zero attached hydrogens (tertiary/aromatic N) is 1. The van der Waals surface area contributed by atoms with Crippen molar-refractivity contribution in [2.75, 3.05) is 14.2 Å². The lowest BCUT2D eigenvalue weighted by Gasteiger charge is -2.04. The molecule has 0 fully saturated rings. The zero-order valence-electron chi connectivity index (χ0n) is 7.50. The predicted molar refractivity (Wildman–Crippen MR) is 49.2 cm³/mol. The Morgan fingerprint density at radius 2 is 1.85 bits per heavy atom. The third-order valence-corrected chi connectivity index (χ3v) is 1.95. The average molecular weight is 178 g/mol. The molecule has 0 aliphatic heterocycles. The van der Waals surface area contributed by atoms with Crippen LogP contribution in [0.25, 0.3) is 11.0 Å². The van der Waals surface area contributed by atoms with Crippen molar-refractivity contribution in [2.45, 2.75) is 0 Å². The summed E-state index contributed by atoms with van der Waals surface area (Å²) in [4.78, 5) is 7.14. The van der Waals surface area contributed by atoms with E-state index >= 15 is 0 Å². The minimum Gasteiger partial charge on any atom is -0.494 e. The van der Waals surface area contributed by atoms with Crippen molar-refractivity contribution in [3.05, 3.63) is 18.5 Å². The third kappa shape index (κ3) is 1.11. The van der Waals surface area contributed by atoms with Crippen molar-refractivity contribution in [1.82, 2.24) is 9.97 Å². The summed E-state index contributed by atoms with van der Waals surface area (Å²) in [5.74, 6) is 1.52. The van der Waals surface area contributed by atoms with Gasteiger partial charge in [0, 0.05) is 0 Å². The SMILES string of the molecule is COc1ccc(OC)c2[nH]cnc12. The van der Waals surface area contributed by atoms with Crippen molar-refractivity contribution >= 4 is 11.0 Å². The first-order valence-electron chi connectivity index (χ1n) is 3.91. The third-order valence-electron chi connectivity index (χ3n) is 1.95. The van der Waals surface area contributed by atoms with Crippen LogP contribution >= 0.6 is 0 Å². The summed E-state index contributed by atoms with van der Waals surface area (Å²) in [5, 5.41) is 0. The van der Waals surface area contributed by atoms with Gasteiger partial charge in [-0.05, 0) is 12.1 Å². The number of aromatic amines is 1. The lowest BCUT2D eigenvalue weighted by molar-refractivity contribution is 0.409. The van der Waals surface area contributed by atoms with Gasteiger partial charge in [-0.25, -0.2) is 4.98 Å². The van der Waals surface area contributed by atoms with Crippen LogP contribution in [0.15, 0.2) is 18.5 Å². The van der Waals surface area contributed by atoms with E-state index in [0.717, 1.165) is 22.5 Å². The zero-order chi connectivity index (χ0) is 9.26. The number of methoxy groups -OCH3 is 2. The highest BCUT2D eigenvalue weighted by atomic mass is 16.5. The first-order chi connectivity index (χ1) is 6.36. The Labute approximate surface area is 75.5 Å². The smallest absolute Gasteiger partial charge is 0.146 e. The summed E-state index contributed by atoms with van der Waals surface area (Å²) in [5.41, 5.74) is 1.66. The fourth-order valence-corrected chi connectivity index (χ4v) is 1.32. The molecule has 1 aromatic carbocycles. The summed E-state index contributed by atoms with van der Waals surface area (Å²) in [7, 11) is 3.25. The van der Waals surface area contributed by atoms with Crippen LogP contribution in [-0.4, -0.2) is 24.2 Å². The van der Waals surface area contributed by atoms with Crippen molar-refractivity contribution in [1.29, 1.82) is 0 Å². The molecule has 0 bridgehead atoms. The Kier molecular flexibility index (Phi) is 1.81. The molecule has 0 aliphatic rings. The maximum Gasteiger partial charge on any atom is 0.146 e. The molecule has 1 aromatic heterocycles. The number of aromatic nitrogens is 2. The van der Waals surface area contributed by atoms with Gasteiger partial charge in [-0.15, -0.1) is 0 Å². The van der Waals surface area contributed by atoms with Gasteiger partial charge in [0.2, 0.25) is 0 Å². The van der Waals surface area contributed by atoms with Crippen LogP contribution in [0.3, 0.4) is 0 Å². The number of benzene rings is 1. The molecule has 0 amide bonds. The van der Waals surface area contributed by atoms with E-state index in [-0.39, 0.29) is 0 Å². The number of H-pyrrole nitrogens is 1. The van der Waals surface area contributed by atoms with Crippen LogP contribution in [0, 0.1) is 0 Å². The van der Waals surface area contributed by atoms with E-state index in [1.165, 1.54) is 0 Å². The van der Waals surface area contributed by atoms with Crippen molar-refractivity contribution in [3.63, 3.8) is 0 Å². The van der Waals surface area contributed by atoms with Crippen molar-refractivity contribution in [2.24, 2.45) is 0 Å². The molecule has 2 rings (SSSR count). The summed E-state index contributed by atoms with van der Waals surface area (Å²) >= 11 is 0. The topological polar surface area (TPSA) is 47.1 Å². The normalized spacial score (nSPS) is 10.3. The highest BCUT2D eigenvalue weighted by molar-refractivity contribution is 5.86. The van der Waals surface area contributed by atoms with Crippen LogP contribution in [0.5, 0.6) is 11.5 Å². The van der Waals surface area contributed by atoms with Gasteiger partial charge in [0.1, 0.15) is 22.5 Å². The number of hydrogen-bond acceptors (Lipinski definition) is 3. The molecule has 0 aliphatic carbocycles. The summed E-state index contributed by atoms with van der Waals surface area (Å²) in [6.07, 6.45) is 1.62. The maximum atomic E-state index is 5.16. The van der Waals surface area contributed by atoms with Gasteiger partial charge in [0.05, 0.1) is 20.5 Å². The van der Waals surface area contributed by atoms with Crippen molar-refractivity contribution in [3.8, 4) is 11.5 Å². The van der Waals surface area contributed by atoms with Crippen LogP contribution in [-0.2, 0) is 0 Å². The number of nitrogens with one attached hydrogen (secondary N) is 1. The predicted octanol–water partition coefficient (Wildman–Crippen LogP) is 1.58. The lowest BCUT2D eigenvalue weighted by atomic mass is 10.2. The quantitative estimate of drug-likeness (QED) is 0.759. The molecule has 68 valence electrons. The molecule has 0 radical (unpaired) electrons. The highest BCUT2D eigenvalue weighted by Gasteiger charge is 2.08. The molecular weight excluding hydrogens is 168 g/mol. The van der Waals surface area contributed by atoms with E-state index in [1.807, 2.05) is 12.1 Å². The largest absolute Gasteiger partial charge is 0.494 e. The average Bonchev–Trinajstić information content (AvgIpc) is 2.64. The minimum absolute atomic E-state index is 0.747. The van der Waals surface area contributed by atoms with E-state index in [0.29, 0.717) is 0 Å². The number of imidazole rings is 1. The summed E-state index contributed by atoms with van der Waals surface area (Å²) < 4.78 is 10.3. The second-order valence-electron chi connectivity index (χ2n) is 2.60. The van der Waals surface area contributed by atoms with Gasteiger partial charge >= 0.3 is 0 Å². The van der Waals surface area contributed by atoms with E-state index in [2.05, 4.69) is 9.97 Å². The molecule has 4 nitrogen and oxygen atoms in total. The van der Waals surface area contributed by atoms with E-state index in [4.69, 9.17) is 9.47 Å². The Morgan fingerprint density at radius 1 is 1.15 bits per heavy atom. The van der Waals surface area contributed by atoms with Crippen LogP contribution < -0.4 is 9.47 Å². The van der Waals surface area contributed by atoms with Crippen LogP contribution in [0.4, 0.5) is 0 Å². The molecule has 13 heavy (non-hydrogen) atoms. The molecule has 0 saturated heterocycles. The first kappa shape index (κ1) is 7.91. The fraction of sp³-hybridized carbons (Fsp3) is 0.222. The molecule has 0 saturated carbocycles. The van der Waals surface area contributed by atoms with Gasteiger partial charge in [-0.2, -0.15) is 0 Å². The van der Waals surface area contributed by atoms with E-state index < -0.39 is 0 Å². The van der Waals surface area contributed by atoms with Gasteiger partial charge in [-0.3, -0.25) is 0 Å². The van der Waals surface area contributed by atoms with Crippen LogP contribution in [0.1, 0.15) is 0 Å².